The van der Waals surface area contributed by atoms with Gasteiger partial charge in [-0.1, -0.05) is 143 Å². The number of ether oxygens (including phenoxy) is 4. The van der Waals surface area contributed by atoms with Crippen molar-refractivity contribution < 1.29 is 65.9 Å². The first-order valence-electron chi connectivity index (χ1n) is 20.6. The zero-order valence-corrected chi connectivity index (χ0v) is 45.0. The fourth-order valence-electron chi connectivity index (χ4n) is 4.85. The molecule has 0 saturated carbocycles. The quantitative estimate of drug-likeness (QED) is 0.0433. The van der Waals surface area contributed by atoms with Crippen LogP contribution in [-0.2, 0) is 38.1 Å². The van der Waals surface area contributed by atoms with Crippen molar-refractivity contribution in [3.05, 3.63) is 66.2 Å². The molecule has 2 N–H and O–H groups in total. The van der Waals surface area contributed by atoms with Gasteiger partial charge in [-0.15, -0.1) is 0 Å². The highest BCUT2D eigenvalue weighted by Crippen LogP contribution is 2.37. The number of benzene rings is 2. The highest BCUT2D eigenvalue weighted by molar-refractivity contribution is 9.10. The molecule has 64 heavy (non-hydrogen) atoms. The van der Waals surface area contributed by atoms with Crippen LogP contribution < -0.4 is 10.4 Å². The number of carbonyl (C=O) groups is 4. The first-order valence-corrected chi connectivity index (χ1v) is 29.3. The van der Waals surface area contributed by atoms with E-state index in [-0.39, 0.29) is 4.83 Å². The van der Waals surface area contributed by atoms with Crippen molar-refractivity contribution >= 4 is 88.3 Å². The summed E-state index contributed by atoms with van der Waals surface area (Å²) in [6, 6.07) is 17.1. The summed E-state index contributed by atoms with van der Waals surface area (Å²) in [4.78, 5) is 48.0. The Morgan fingerprint density at radius 1 is 0.609 bits per heavy atom. The second-order valence-corrected chi connectivity index (χ2v) is 33.1. The lowest BCUT2D eigenvalue weighted by Crippen LogP contribution is -2.41. The van der Waals surface area contributed by atoms with E-state index >= 15 is 0 Å². The van der Waals surface area contributed by atoms with Crippen LogP contribution in [0.5, 0.6) is 0 Å². The van der Waals surface area contributed by atoms with Crippen molar-refractivity contribution in [3.63, 3.8) is 0 Å². The third-order valence-electron chi connectivity index (χ3n) is 9.52. The first-order chi connectivity index (χ1) is 28.8. The Labute approximate surface area is 396 Å². The molecule has 364 valence electrons. The molecule has 0 spiro atoms. The molecule has 0 aliphatic heterocycles. The maximum absolute atomic E-state index is 13.0. The molecule has 0 aromatic heterocycles. The van der Waals surface area contributed by atoms with Gasteiger partial charge < -0.3 is 29.2 Å². The van der Waals surface area contributed by atoms with Crippen molar-refractivity contribution in [1.82, 2.24) is 0 Å². The Morgan fingerprint density at radius 3 is 1.23 bits per heavy atom. The number of alkyl halides is 6. The molecule has 3 atom stereocenters. The molecule has 0 fully saturated rings. The minimum Gasteiger partial charge on any atom is -0.464 e. The number of halogens is 6. The van der Waals surface area contributed by atoms with Crippen LogP contribution in [0, 0.1) is 16.2 Å². The third-order valence-corrected chi connectivity index (χ3v) is 14.8. The fourth-order valence-corrected chi connectivity index (χ4v) is 8.41. The molecular formula is C46H70Br2F4O10Si2. The second kappa shape index (κ2) is 24.7. The SMILES string of the molecule is C=Cc1ccc([Si](C)(C)C)cc1.CC(F)(F)COC(=O)C(C)(CO)COC(=O)C(C)(C)Br.CC(F)(F)COC(=O)C(C)(CO)COC(=O)C(C)(C)CC(Br)c1ccc([Si](C)(C)C)cc1. The van der Waals surface area contributed by atoms with Crippen LogP contribution in [-0.4, -0.2) is 106 Å². The normalized spacial score (nSPS) is 14.7. The van der Waals surface area contributed by atoms with E-state index in [0.717, 1.165) is 5.56 Å². The molecule has 2 aromatic rings. The summed E-state index contributed by atoms with van der Waals surface area (Å²) in [6.07, 6.45) is 2.31. The number of rotatable bonds is 20. The minimum absolute atomic E-state index is 0.0956. The zero-order valence-electron chi connectivity index (χ0n) is 39.9. The number of hydrogen-bond acceptors (Lipinski definition) is 10. The van der Waals surface area contributed by atoms with Crippen molar-refractivity contribution in [2.75, 3.05) is 39.6 Å². The summed E-state index contributed by atoms with van der Waals surface area (Å²) in [5.74, 6) is -9.67. The van der Waals surface area contributed by atoms with Crippen LogP contribution in [0.3, 0.4) is 0 Å². The van der Waals surface area contributed by atoms with Crippen molar-refractivity contribution in [1.29, 1.82) is 0 Å². The van der Waals surface area contributed by atoms with Crippen molar-refractivity contribution in [2.45, 2.75) is 122 Å². The van der Waals surface area contributed by atoms with Gasteiger partial charge in [0.05, 0.1) is 34.8 Å². The summed E-state index contributed by atoms with van der Waals surface area (Å²) in [7, 11) is -2.51. The van der Waals surface area contributed by atoms with Crippen LogP contribution >= 0.6 is 31.9 Å². The van der Waals surface area contributed by atoms with E-state index < -0.39 is 112 Å². The number of hydrogen-bond donors (Lipinski definition) is 2. The van der Waals surface area contributed by atoms with Crippen LogP contribution in [0.25, 0.3) is 6.08 Å². The van der Waals surface area contributed by atoms with E-state index in [1.54, 1.807) is 27.7 Å². The van der Waals surface area contributed by atoms with Crippen LogP contribution in [0.1, 0.15) is 77.8 Å². The van der Waals surface area contributed by atoms with Gasteiger partial charge in [0, 0.05) is 18.7 Å². The van der Waals surface area contributed by atoms with Crippen LogP contribution in [0.15, 0.2) is 55.1 Å². The Kier molecular flexibility index (Phi) is 23.6. The second-order valence-electron chi connectivity index (χ2n) is 19.9. The molecule has 0 aliphatic carbocycles. The lowest BCUT2D eigenvalue weighted by molar-refractivity contribution is -0.176. The molecule has 2 aromatic carbocycles. The smallest absolute Gasteiger partial charge is 0.322 e. The summed E-state index contributed by atoms with van der Waals surface area (Å²) in [6.45, 7) is 23.4. The molecule has 3 unspecified atom stereocenters. The summed E-state index contributed by atoms with van der Waals surface area (Å²) in [5.41, 5.74) is -1.87. The van der Waals surface area contributed by atoms with Gasteiger partial charge in [-0.25, -0.2) is 17.6 Å². The summed E-state index contributed by atoms with van der Waals surface area (Å²) >= 11 is 6.73. The lowest BCUT2D eigenvalue weighted by atomic mass is 9.86. The first kappa shape index (κ1) is 61.1. The number of aliphatic hydroxyl groups excluding tert-OH is 2. The third kappa shape index (κ3) is 22.5. The van der Waals surface area contributed by atoms with E-state index in [1.807, 2.05) is 6.08 Å². The van der Waals surface area contributed by atoms with E-state index in [1.165, 1.54) is 29.8 Å². The van der Waals surface area contributed by atoms with Crippen LogP contribution in [0.2, 0.25) is 39.3 Å². The van der Waals surface area contributed by atoms with Crippen molar-refractivity contribution in [3.8, 4) is 0 Å². The summed E-state index contributed by atoms with van der Waals surface area (Å²) in [5, 5.41) is 21.7. The predicted molar refractivity (Wildman–Crippen MR) is 257 cm³/mol. The largest absolute Gasteiger partial charge is 0.464 e. The molecule has 0 heterocycles. The monoisotopic (exact) mass is 1070 g/mol. The van der Waals surface area contributed by atoms with Gasteiger partial charge in [0.15, 0.2) is 13.2 Å². The minimum atomic E-state index is -3.19. The van der Waals surface area contributed by atoms with E-state index in [0.29, 0.717) is 20.3 Å². The maximum atomic E-state index is 13.0. The zero-order chi connectivity index (χ0) is 50.3. The lowest BCUT2D eigenvalue weighted by Gasteiger charge is -2.29. The fraction of sp³-hybridized carbons (Fsp3) is 0.609. The Balaban J connectivity index is 0.00000105. The molecule has 0 saturated heterocycles. The van der Waals surface area contributed by atoms with Gasteiger partial charge >= 0.3 is 23.9 Å². The molecule has 18 heteroatoms. The van der Waals surface area contributed by atoms with E-state index in [4.69, 9.17) is 9.47 Å². The van der Waals surface area contributed by atoms with E-state index in [2.05, 4.69) is 136 Å². The molecule has 2 rings (SSSR count). The van der Waals surface area contributed by atoms with Gasteiger partial charge in [-0.3, -0.25) is 19.2 Å². The topological polar surface area (TPSA) is 146 Å². The van der Waals surface area contributed by atoms with Gasteiger partial charge in [-0.05, 0) is 59.1 Å². The number of aliphatic hydroxyl groups is 2. The molecule has 10 nitrogen and oxygen atoms in total. The standard InChI is InChI=1S/C23H35BrF2O5Si.C12H19BrF2O5.C11H16Si/c1-21(2,12-18(24)16-8-10-17(11-9-16)32(5,6)7)19(28)30-14-22(3,13-27)20(29)31-15-23(4,25)26;1-10(2,13)8(17)19-6-11(3,5-16)9(18)20-7-12(4,14)15;1-5-10-6-8-11(9-7-10)12(2,3)4/h8-11,18,27H,12-15H2,1-7H3;16H,5-7H2,1-4H3;5-9H,1H2,2-4H3. The Morgan fingerprint density at radius 2 is 0.938 bits per heavy atom. The van der Waals surface area contributed by atoms with Gasteiger partial charge in [0.1, 0.15) is 28.4 Å². The maximum Gasteiger partial charge on any atom is 0.322 e. The van der Waals surface area contributed by atoms with Gasteiger partial charge in [0.2, 0.25) is 0 Å². The Hall–Kier alpha value is -2.91. The number of carbonyl (C=O) groups excluding carboxylic acids is 4. The average Bonchev–Trinajstić information content (AvgIpc) is 3.18. The molecule has 0 bridgehead atoms. The average molecular weight is 1080 g/mol. The Bertz CT molecular complexity index is 1820. The highest BCUT2D eigenvalue weighted by Gasteiger charge is 2.41. The number of esters is 4. The molecule has 0 amide bonds. The predicted octanol–water partition coefficient (Wildman–Crippen LogP) is 9.60. The molecule has 0 radical (unpaired) electrons. The highest BCUT2D eigenvalue weighted by atomic mass is 79.9. The molecular weight excluding hydrogens is 1000 g/mol. The van der Waals surface area contributed by atoms with Gasteiger partial charge in [0.25, 0.3) is 11.8 Å². The molecule has 0 aliphatic rings. The van der Waals surface area contributed by atoms with Gasteiger partial charge in [-0.2, -0.15) is 0 Å². The van der Waals surface area contributed by atoms with E-state index in [9.17, 15) is 47.0 Å². The van der Waals surface area contributed by atoms with Crippen LogP contribution in [0.4, 0.5) is 17.6 Å². The van der Waals surface area contributed by atoms with Crippen molar-refractivity contribution in [2.24, 2.45) is 16.2 Å². The summed E-state index contributed by atoms with van der Waals surface area (Å²) < 4.78 is 69.4.